The van der Waals surface area contributed by atoms with Crippen molar-refractivity contribution in [3.8, 4) is 0 Å². The molecule has 0 aromatic heterocycles. The standard InChI is InChI=1S/C18H15BN2/c1-13(14-7-3-2-4-8-14)19-20-16-11-5-9-15-10-6-12-17(21-19)18(15)16/h2-12,20-21H,1H2. The number of benzene rings is 3. The van der Waals surface area contributed by atoms with Crippen molar-refractivity contribution in [3.63, 3.8) is 0 Å². The maximum Gasteiger partial charge on any atom is 0.406 e. The van der Waals surface area contributed by atoms with Crippen LogP contribution in [0.15, 0.2) is 73.3 Å². The van der Waals surface area contributed by atoms with E-state index in [-0.39, 0.29) is 6.98 Å². The molecule has 0 unspecified atom stereocenters. The third kappa shape index (κ3) is 1.98. The molecule has 2 N–H and O–H groups in total. The van der Waals surface area contributed by atoms with Crippen molar-refractivity contribution in [1.29, 1.82) is 0 Å². The summed E-state index contributed by atoms with van der Waals surface area (Å²) in [5.74, 6) is 0. The van der Waals surface area contributed by atoms with E-state index in [9.17, 15) is 0 Å². The summed E-state index contributed by atoms with van der Waals surface area (Å²) in [6, 6.07) is 23.0. The lowest BCUT2D eigenvalue weighted by Gasteiger charge is -2.27. The number of rotatable bonds is 2. The lowest BCUT2D eigenvalue weighted by molar-refractivity contribution is 1.59. The molecule has 0 amide bonds. The summed E-state index contributed by atoms with van der Waals surface area (Å²) >= 11 is 0. The minimum Gasteiger partial charge on any atom is -0.405 e. The molecule has 0 fully saturated rings. The van der Waals surface area contributed by atoms with Gasteiger partial charge in [-0.05, 0) is 28.6 Å². The van der Waals surface area contributed by atoms with Crippen LogP contribution in [0.25, 0.3) is 16.2 Å². The van der Waals surface area contributed by atoms with E-state index < -0.39 is 0 Å². The molecule has 0 atom stereocenters. The third-order valence-corrected chi connectivity index (χ3v) is 4.00. The molecule has 0 bridgehead atoms. The molecule has 3 aromatic carbocycles. The predicted octanol–water partition coefficient (Wildman–Crippen LogP) is 4.42. The Kier molecular flexibility index (Phi) is 2.71. The van der Waals surface area contributed by atoms with Crippen LogP contribution in [0.1, 0.15) is 5.56 Å². The fraction of sp³-hybridized carbons (Fsp3) is 0. The summed E-state index contributed by atoms with van der Waals surface area (Å²) in [5.41, 5.74) is 4.50. The van der Waals surface area contributed by atoms with E-state index in [1.54, 1.807) is 0 Å². The summed E-state index contributed by atoms with van der Waals surface area (Å²) in [6.07, 6.45) is 0. The molecular weight excluding hydrogens is 255 g/mol. The fourth-order valence-corrected chi connectivity index (χ4v) is 2.92. The van der Waals surface area contributed by atoms with Gasteiger partial charge in [-0.2, -0.15) is 0 Å². The monoisotopic (exact) mass is 270 g/mol. The molecule has 100 valence electrons. The Morgan fingerprint density at radius 3 is 2.00 bits per heavy atom. The highest BCUT2D eigenvalue weighted by Crippen LogP contribution is 2.35. The van der Waals surface area contributed by atoms with Crippen molar-refractivity contribution in [1.82, 2.24) is 0 Å². The van der Waals surface area contributed by atoms with Crippen molar-refractivity contribution in [3.05, 3.63) is 78.9 Å². The topological polar surface area (TPSA) is 24.1 Å². The van der Waals surface area contributed by atoms with Crippen LogP contribution in [-0.4, -0.2) is 6.98 Å². The SMILES string of the molecule is C=C(B1Nc2cccc3cccc(c23)N1)c1ccccc1. The fourth-order valence-electron chi connectivity index (χ4n) is 2.92. The Balaban J connectivity index is 1.75. The first-order valence-corrected chi connectivity index (χ1v) is 7.12. The van der Waals surface area contributed by atoms with Crippen LogP contribution in [0.5, 0.6) is 0 Å². The lowest BCUT2D eigenvalue weighted by atomic mass is 9.63. The zero-order valence-corrected chi connectivity index (χ0v) is 11.6. The molecule has 3 heteroatoms. The van der Waals surface area contributed by atoms with Crippen molar-refractivity contribution in [2.75, 3.05) is 10.5 Å². The lowest BCUT2D eigenvalue weighted by Crippen LogP contribution is -2.38. The van der Waals surface area contributed by atoms with Gasteiger partial charge in [-0.1, -0.05) is 61.2 Å². The molecule has 1 heterocycles. The number of nitrogens with one attached hydrogen (secondary N) is 2. The maximum absolute atomic E-state index is 4.26. The van der Waals surface area contributed by atoms with Gasteiger partial charge in [-0.3, -0.25) is 0 Å². The van der Waals surface area contributed by atoms with Crippen LogP contribution in [0.3, 0.4) is 0 Å². The summed E-state index contributed by atoms with van der Waals surface area (Å²) < 4.78 is 0. The van der Waals surface area contributed by atoms with Crippen molar-refractivity contribution in [2.24, 2.45) is 0 Å². The molecule has 3 aromatic rings. The molecule has 0 saturated heterocycles. The van der Waals surface area contributed by atoms with E-state index in [0.29, 0.717) is 0 Å². The van der Waals surface area contributed by atoms with Gasteiger partial charge < -0.3 is 10.5 Å². The second-order valence-corrected chi connectivity index (χ2v) is 5.32. The van der Waals surface area contributed by atoms with E-state index in [4.69, 9.17) is 0 Å². The number of anilines is 2. The molecule has 0 saturated carbocycles. The normalized spacial score (nSPS) is 12.7. The highest BCUT2D eigenvalue weighted by atomic mass is 15.0. The van der Waals surface area contributed by atoms with Gasteiger partial charge in [-0.15, -0.1) is 0 Å². The first kappa shape index (κ1) is 12.1. The molecule has 0 radical (unpaired) electrons. The minimum absolute atomic E-state index is 0.00731. The molecule has 1 aliphatic rings. The van der Waals surface area contributed by atoms with Crippen LogP contribution in [0, 0.1) is 0 Å². The first-order chi connectivity index (χ1) is 10.3. The second-order valence-electron chi connectivity index (χ2n) is 5.32. The van der Waals surface area contributed by atoms with Crippen LogP contribution in [0.4, 0.5) is 11.4 Å². The molecule has 21 heavy (non-hydrogen) atoms. The second kappa shape index (κ2) is 4.71. The van der Waals surface area contributed by atoms with Gasteiger partial charge in [0.2, 0.25) is 0 Å². The zero-order valence-electron chi connectivity index (χ0n) is 11.6. The summed E-state index contributed by atoms with van der Waals surface area (Å²) in [5, 5.41) is 9.59. The number of hydrogen-bond donors (Lipinski definition) is 2. The van der Waals surface area contributed by atoms with Crippen LogP contribution >= 0.6 is 0 Å². The Morgan fingerprint density at radius 1 is 0.762 bits per heavy atom. The third-order valence-electron chi connectivity index (χ3n) is 4.00. The Hall–Kier alpha value is -2.68. The molecule has 1 aliphatic heterocycles. The van der Waals surface area contributed by atoms with Crippen molar-refractivity contribution in [2.45, 2.75) is 0 Å². The predicted molar refractivity (Wildman–Crippen MR) is 92.4 cm³/mol. The zero-order chi connectivity index (χ0) is 14.2. The maximum atomic E-state index is 4.26. The van der Waals surface area contributed by atoms with E-state index in [1.807, 2.05) is 18.2 Å². The first-order valence-electron chi connectivity index (χ1n) is 7.12. The summed E-state index contributed by atoms with van der Waals surface area (Å²) in [7, 11) is 0. The average Bonchev–Trinajstić information content (AvgIpc) is 2.55. The molecule has 0 spiro atoms. The van der Waals surface area contributed by atoms with Crippen LogP contribution in [0.2, 0.25) is 0 Å². The highest BCUT2D eigenvalue weighted by molar-refractivity contribution is 6.85. The van der Waals surface area contributed by atoms with Gasteiger partial charge in [0.15, 0.2) is 0 Å². The van der Waals surface area contributed by atoms with E-state index in [2.05, 4.69) is 65.6 Å². The smallest absolute Gasteiger partial charge is 0.405 e. The van der Waals surface area contributed by atoms with Gasteiger partial charge in [0.1, 0.15) is 0 Å². The van der Waals surface area contributed by atoms with Crippen LogP contribution < -0.4 is 10.5 Å². The van der Waals surface area contributed by atoms with Gasteiger partial charge in [0.05, 0.1) is 0 Å². The molecule has 2 nitrogen and oxygen atoms in total. The van der Waals surface area contributed by atoms with E-state index in [1.165, 1.54) is 10.8 Å². The van der Waals surface area contributed by atoms with E-state index in [0.717, 1.165) is 22.4 Å². The van der Waals surface area contributed by atoms with Crippen LogP contribution in [-0.2, 0) is 0 Å². The quantitative estimate of drug-likeness (QED) is 0.673. The van der Waals surface area contributed by atoms with Crippen molar-refractivity contribution >= 4 is 34.6 Å². The summed E-state index contributed by atoms with van der Waals surface area (Å²) in [4.78, 5) is 0. The average molecular weight is 270 g/mol. The molecule has 4 rings (SSSR count). The Bertz CT molecular complexity index is 786. The molecular formula is C18H15BN2. The Labute approximate surface area is 124 Å². The van der Waals surface area contributed by atoms with Gasteiger partial charge in [0.25, 0.3) is 0 Å². The minimum atomic E-state index is 0.00731. The Morgan fingerprint density at radius 2 is 1.38 bits per heavy atom. The summed E-state index contributed by atoms with van der Waals surface area (Å²) in [6.45, 7) is 4.27. The van der Waals surface area contributed by atoms with Gasteiger partial charge >= 0.3 is 6.98 Å². The van der Waals surface area contributed by atoms with Gasteiger partial charge in [-0.25, -0.2) is 0 Å². The largest absolute Gasteiger partial charge is 0.406 e. The molecule has 0 aliphatic carbocycles. The number of hydrogen-bond acceptors (Lipinski definition) is 2. The van der Waals surface area contributed by atoms with Crippen molar-refractivity contribution < 1.29 is 0 Å². The highest BCUT2D eigenvalue weighted by Gasteiger charge is 2.26. The van der Waals surface area contributed by atoms with Gasteiger partial charge in [0, 0.05) is 16.8 Å². The van der Waals surface area contributed by atoms with E-state index >= 15 is 0 Å².